The summed E-state index contributed by atoms with van der Waals surface area (Å²) in [6, 6.07) is 7.68. The van der Waals surface area contributed by atoms with E-state index in [2.05, 4.69) is 53.9 Å². The molecule has 0 atom stereocenters. The van der Waals surface area contributed by atoms with Gasteiger partial charge in [0.1, 0.15) is 6.07 Å². The summed E-state index contributed by atoms with van der Waals surface area (Å²) in [5.41, 5.74) is 1.74. The maximum Gasteiger partial charge on any atom is 0.100 e. The van der Waals surface area contributed by atoms with Gasteiger partial charge in [0, 0.05) is 4.47 Å². The van der Waals surface area contributed by atoms with Crippen LogP contribution in [0.2, 0.25) is 0 Å². The molecule has 12 heavy (non-hydrogen) atoms. The van der Waals surface area contributed by atoms with Crippen molar-refractivity contribution in [3.05, 3.63) is 33.8 Å². The van der Waals surface area contributed by atoms with Crippen LogP contribution in [0.5, 0.6) is 0 Å². The van der Waals surface area contributed by atoms with E-state index in [4.69, 9.17) is 5.26 Å². The largest absolute Gasteiger partial charge is 0.192 e. The second-order valence-corrected chi connectivity index (χ2v) is 6.07. The molecule has 0 N–H and O–H groups in total. The minimum Gasteiger partial charge on any atom is -0.192 e. The molecule has 0 unspecified atom stereocenters. The van der Waals surface area contributed by atoms with Crippen LogP contribution in [-0.2, 0) is 0 Å². The van der Waals surface area contributed by atoms with Crippen LogP contribution in [0.25, 0.3) is 0 Å². The number of nitrogens with zero attached hydrogens (tertiary/aromatic N) is 1. The van der Waals surface area contributed by atoms with Crippen LogP contribution in [0.4, 0.5) is 0 Å². The van der Waals surface area contributed by atoms with Crippen LogP contribution in [0.15, 0.2) is 22.7 Å². The maximum atomic E-state index is 8.64. The van der Waals surface area contributed by atoms with Crippen LogP contribution < -0.4 is 0 Å². The van der Waals surface area contributed by atoms with Crippen molar-refractivity contribution in [2.75, 3.05) is 0 Å². The third-order valence-electron chi connectivity index (χ3n) is 1.37. The molecule has 0 saturated heterocycles. The van der Waals surface area contributed by atoms with Crippen LogP contribution >= 0.6 is 47.8 Å². The van der Waals surface area contributed by atoms with Gasteiger partial charge in [0.25, 0.3) is 0 Å². The van der Waals surface area contributed by atoms with Crippen molar-refractivity contribution in [1.29, 1.82) is 5.26 Å². The minimum absolute atomic E-state index is 0.133. The van der Waals surface area contributed by atoms with E-state index < -0.39 is 0 Å². The fourth-order valence-electron chi connectivity index (χ4n) is 0.758. The third kappa shape index (κ3) is 2.32. The molecule has 0 spiro atoms. The number of hydrogen-bond donors (Lipinski definition) is 0. The lowest BCUT2D eigenvalue weighted by molar-refractivity contribution is 1.38. The number of hydrogen-bond acceptors (Lipinski definition) is 1. The van der Waals surface area contributed by atoms with E-state index in [1.807, 2.05) is 12.1 Å². The first kappa shape index (κ1) is 10.2. The fraction of sp³-hybridized carbons (Fsp3) is 0.125. The van der Waals surface area contributed by atoms with Gasteiger partial charge in [-0.15, -0.1) is 0 Å². The van der Waals surface area contributed by atoms with E-state index in [1.54, 1.807) is 6.07 Å². The van der Waals surface area contributed by atoms with Gasteiger partial charge in [0.05, 0.1) is 9.30 Å². The summed E-state index contributed by atoms with van der Waals surface area (Å²) >= 11 is 10.1. The molecule has 0 amide bonds. The Kier molecular flexibility index (Phi) is 3.76. The highest BCUT2D eigenvalue weighted by molar-refractivity contribution is 9.24. The lowest BCUT2D eigenvalue weighted by atomic mass is 10.2. The standard InChI is InChI=1S/C8H4Br3N/c9-7-3-5(8(10)11)1-2-6(7)4-12/h1-3,8H. The van der Waals surface area contributed by atoms with Gasteiger partial charge in [-0.05, 0) is 33.6 Å². The van der Waals surface area contributed by atoms with Crippen molar-refractivity contribution in [3.8, 4) is 6.07 Å². The van der Waals surface area contributed by atoms with E-state index in [9.17, 15) is 0 Å². The van der Waals surface area contributed by atoms with E-state index in [0.717, 1.165) is 10.0 Å². The number of benzene rings is 1. The maximum absolute atomic E-state index is 8.64. The molecule has 0 aliphatic rings. The molecule has 1 rings (SSSR count). The quantitative estimate of drug-likeness (QED) is 0.697. The molecule has 0 aromatic heterocycles. The molecule has 1 aromatic rings. The second kappa shape index (κ2) is 4.40. The predicted molar refractivity (Wildman–Crippen MR) is 59.5 cm³/mol. The summed E-state index contributed by atoms with van der Waals surface area (Å²) in [6.07, 6.45) is 0. The molecule has 1 aromatic carbocycles. The summed E-state index contributed by atoms with van der Waals surface area (Å²) in [6.45, 7) is 0. The first-order chi connectivity index (χ1) is 5.65. The van der Waals surface area contributed by atoms with Crippen LogP contribution in [0.1, 0.15) is 14.9 Å². The Bertz CT molecular complexity index is 328. The van der Waals surface area contributed by atoms with E-state index in [-0.39, 0.29) is 3.74 Å². The molecule has 0 heterocycles. The summed E-state index contributed by atoms with van der Waals surface area (Å²) in [7, 11) is 0. The highest BCUT2D eigenvalue weighted by Crippen LogP contribution is 2.31. The number of rotatable bonds is 1. The Morgan fingerprint density at radius 3 is 2.42 bits per heavy atom. The highest BCUT2D eigenvalue weighted by atomic mass is 79.9. The number of halogens is 3. The van der Waals surface area contributed by atoms with Gasteiger partial charge in [-0.25, -0.2) is 0 Å². The molecule has 4 heteroatoms. The van der Waals surface area contributed by atoms with Crippen molar-refractivity contribution in [2.45, 2.75) is 3.74 Å². The minimum atomic E-state index is 0.133. The van der Waals surface area contributed by atoms with Gasteiger partial charge in [-0.2, -0.15) is 5.26 Å². The zero-order valence-electron chi connectivity index (χ0n) is 5.89. The first-order valence-corrected chi connectivity index (χ1v) is 5.75. The van der Waals surface area contributed by atoms with Gasteiger partial charge in [0.15, 0.2) is 0 Å². The zero-order chi connectivity index (χ0) is 9.14. The topological polar surface area (TPSA) is 23.8 Å². The van der Waals surface area contributed by atoms with Crippen molar-refractivity contribution in [2.24, 2.45) is 0 Å². The molecule has 0 bridgehead atoms. The molecule has 0 fully saturated rings. The SMILES string of the molecule is N#Cc1ccc(C(Br)Br)cc1Br. The van der Waals surface area contributed by atoms with Crippen LogP contribution in [-0.4, -0.2) is 0 Å². The van der Waals surface area contributed by atoms with Crippen molar-refractivity contribution in [1.82, 2.24) is 0 Å². The van der Waals surface area contributed by atoms with E-state index >= 15 is 0 Å². The highest BCUT2D eigenvalue weighted by Gasteiger charge is 2.05. The molecular formula is C8H4Br3N. The molecule has 0 saturated carbocycles. The monoisotopic (exact) mass is 351 g/mol. The molecule has 0 radical (unpaired) electrons. The Morgan fingerprint density at radius 2 is 2.00 bits per heavy atom. The summed E-state index contributed by atoms with van der Waals surface area (Å²) < 4.78 is 0.959. The average molecular weight is 354 g/mol. The summed E-state index contributed by atoms with van der Waals surface area (Å²) in [4.78, 5) is 0. The van der Waals surface area contributed by atoms with Gasteiger partial charge in [-0.1, -0.05) is 37.9 Å². The van der Waals surface area contributed by atoms with E-state index in [0.29, 0.717) is 5.56 Å². The van der Waals surface area contributed by atoms with Crippen LogP contribution in [0, 0.1) is 11.3 Å². The summed E-state index contributed by atoms with van der Waals surface area (Å²) in [5.74, 6) is 0. The Morgan fingerprint density at radius 1 is 1.33 bits per heavy atom. The molecular weight excluding hydrogens is 350 g/mol. The summed E-state index contributed by atoms with van der Waals surface area (Å²) in [5, 5.41) is 8.64. The number of alkyl halides is 2. The molecule has 0 aliphatic heterocycles. The van der Waals surface area contributed by atoms with Gasteiger partial charge in [0.2, 0.25) is 0 Å². The van der Waals surface area contributed by atoms with Gasteiger partial charge in [-0.3, -0.25) is 0 Å². The lowest BCUT2D eigenvalue weighted by Crippen LogP contribution is -1.83. The van der Waals surface area contributed by atoms with E-state index in [1.165, 1.54) is 0 Å². The fourth-order valence-corrected chi connectivity index (χ4v) is 1.81. The normalized spacial score (nSPS) is 9.92. The Labute approximate surface area is 96.2 Å². The first-order valence-electron chi connectivity index (χ1n) is 3.13. The third-order valence-corrected chi connectivity index (χ3v) is 3.08. The smallest absolute Gasteiger partial charge is 0.100 e. The Balaban J connectivity index is 3.12. The second-order valence-electron chi connectivity index (χ2n) is 2.15. The van der Waals surface area contributed by atoms with Crippen LogP contribution in [0.3, 0.4) is 0 Å². The molecule has 0 aliphatic carbocycles. The predicted octanol–water partition coefficient (Wildman–Crippen LogP) is 4.11. The lowest BCUT2D eigenvalue weighted by Gasteiger charge is -2.02. The average Bonchev–Trinajstić information content (AvgIpc) is 2.04. The molecule has 1 nitrogen and oxygen atoms in total. The zero-order valence-corrected chi connectivity index (χ0v) is 10.6. The van der Waals surface area contributed by atoms with Crippen molar-refractivity contribution >= 4 is 47.8 Å². The van der Waals surface area contributed by atoms with Crippen molar-refractivity contribution < 1.29 is 0 Å². The van der Waals surface area contributed by atoms with Gasteiger partial charge < -0.3 is 0 Å². The van der Waals surface area contributed by atoms with Gasteiger partial charge >= 0.3 is 0 Å². The Hall–Kier alpha value is 0.150. The molecule has 62 valence electrons. The number of nitriles is 1. The van der Waals surface area contributed by atoms with Crippen molar-refractivity contribution in [3.63, 3.8) is 0 Å².